The zero-order chi connectivity index (χ0) is 20.0. The number of nitrogens with zero attached hydrogens (tertiary/aromatic N) is 5. The highest BCUT2D eigenvalue weighted by molar-refractivity contribution is 6.30. The maximum atomic E-state index is 6.38. The van der Waals surface area contributed by atoms with Crippen LogP contribution in [-0.4, -0.2) is 44.6 Å². The van der Waals surface area contributed by atoms with Crippen LogP contribution in [0.5, 0.6) is 5.88 Å². The van der Waals surface area contributed by atoms with E-state index in [1.54, 1.807) is 13.3 Å². The number of fused-ring (bicyclic) bond motifs is 3. The monoisotopic (exact) mass is 414 g/mol. The zero-order valence-corrected chi connectivity index (χ0v) is 17.2. The summed E-state index contributed by atoms with van der Waals surface area (Å²) < 4.78 is 15.2. The molecular weight excluding hydrogens is 392 g/mol. The van der Waals surface area contributed by atoms with E-state index in [0.29, 0.717) is 11.8 Å². The third-order valence-electron chi connectivity index (χ3n) is 5.66. The molecule has 0 unspecified atom stereocenters. The van der Waals surface area contributed by atoms with Crippen LogP contribution in [-0.2, 0) is 17.7 Å². The summed E-state index contributed by atoms with van der Waals surface area (Å²) in [5.74, 6) is 1.19. The van der Waals surface area contributed by atoms with Gasteiger partial charge in [-0.3, -0.25) is 0 Å². The fraction of sp³-hybridized carbons (Fsp3) is 0.450. The Hall–Kier alpha value is -2.58. The largest absolute Gasteiger partial charge is 0.480 e. The quantitative estimate of drug-likeness (QED) is 0.700. The van der Waals surface area contributed by atoms with Gasteiger partial charge in [0.25, 0.3) is 0 Å². The predicted octanol–water partition coefficient (Wildman–Crippen LogP) is 3.76. The van der Waals surface area contributed by atoms with E-state index in [2.05, 4.69) is 26.9 Å². The van der Waals surface area contributed by atoms with Crippen molar-refractivity contribution in [3.63, 3.8) is 0 Å². The van der Waals surface area contributed by atoms with E-state index in [-0.39, 0.29) is 6.04 Å². The number of hydrogen-bond acceptors (Lipinski definition) is 6. The first-order valence-electron chi connectivity index (χ1n) is 9.84. The molecule has 2 aliphatic rings. The van der Waals surface area contributed by atoms with Gasteiger partial charge in [-0.25, -0.2) is 14.6 Å². The van der Waals surface area contributed by atoms with Gasteiger partial charge in [-0.05, 0) is 37.8 Å². The second kappa shape index (κ2) is 7.35. The molecule has 3 aromatic rings. The standard InChI is InChI=1S/C20H23ClN6O2/c1-12-9-16(21)26-6-3-13-10-22-20(25-17(13)18(12)26)24-15-11-23-27(19(15)28-2)14-4-7-29-8-5-14/h9-11,14H,3-8H2,1-2H3,(H,22,24,25). The van der Waals surface area contributed by atoms with Crippen LogP contribution in [0.1, 0.15) is 30.0 Å². The molecule has 1 N–H and O–H groups in total. The summed E-state index contributed by atoms with van der Waals surface area (Å²) in [5, 5.41) is 8.58. The Morgan fingerprint density at radius 1 is 1.28 bits per heavy atom. The van der Waals surface area contributed by atoms with E-state index in [1.807, 2.05) is 16.9 Å². The van der Waals surface area contributed by atoms with E-state index in [4.69, 9.17) is 26.1 Å². The van der Waals surface area contributed by atoms with Crippen molar-refractivity contribution in [2.75, 3.05) is 25.6 Å². The Morgan fingerprint density at radius 3 is 2.90 bits per heavy atom. The Balaban J connectivity index is 1.47. The molecule has 3 aromatic heterocycles. The maximum Gasteiger partial charge on any atom is 0.236 e. The highest BCUT2D eigenvalue weighted by Gasteiger charge is 2.25. The number of halogens is 1. The molecule has 0 radical (unpaired) electrons. The predicted molar refractivity (Wildman–Crippen MR) is 110 cm³/mol. The molecule has 29 heavy (non-hydrogen) atoms. The zero-order valence-electron chi connectivity index (χ0n) is 16.5. The number of hydrogen-bond donors (Lipinski definition) is 1. The number of rotatable bonds is 4. The molecule has 9 heteroatoms. The van der Waals surface area contributed by atoms with Crippen molar-refractivity contribution >= 4 is 23.2 Å². The molecule has 1 fully saturated rings. The molecule has 0 aromatic carbocycles. The molecule has 0 atom stereocenters. The fourth-order valence-corrected chi connectivity index (χ4v) is 4.55. The summed E-state index contributed by atoms with van der Waals surface area (Å²) in [7, 11) is 1.66. The highest BCUT2D eigenvalue weighted by Crippen LogP contribution is 2.36. The van der Waals surface area contributed by atoms with Crippen LogP contribution in [0.2, 0.25) is 5.15 Å². The second-order valence-electron chi connectivity index (χ2n) is 7.45. The van der Waals surface area contributed by atoms with Crippen LogP contribution in [0.15, 0.2) is 18.5 Å². The summed E-state index contributed by atoms with van der Waals surface area (Å²) in [6.45, 7) is 4.39. The molecule has 152 valence electrons. The first-order chi connectivity index (χ1) is 14.2. The van der Waals surface area contributed by atoms with Crippen molar-refractivity contribution in [1.82, 2.24) is 24.3 Å². The fourth-order valence-electron chi connectivity index (χ4n) is 4.22. The molecular formula is C20H23ClN6O2. The Bertz CT molecular complexity index is 1050. The van der Waals surface area contributed by atoms with Gasteiger partial charge in [-0.15, -0.1) is 0 Å². The van der Waals surface area contributed by atoms with E-state index in [1.165, 1.54) is 0 Å². The van der Waals surface area contributed by atoms with Gasteiger partial charge in [0, 0.05) is 31.5 Å². The molecule has 5 rings (SSSR count). The van der Waals surface area contributed by atoms with Crippen molar-refractivity contribution in [1.29, 1.82) is 0 Å². The second-order valence-corrected chi connectivity index (χ2v) is 7.84. The molecule has 0 saturated carbocycles. The van der Waals surface area contributed by atoms with Gasteiger partial charge < -0.3 is 19.4 Å². The lowest BCUT2D eigenvalue weighted by atomic mass is 10.0. The molecule has 1 saturated heterocycles. The van der Waals surface area contributed by atoms with Crippen molar-refractivity contribution in [2.24, 2.45) is 0 Å². The minimum atomic E-state index is 0.270. The van der Waals surface area contributed by atoms with Gasteiger partial charge in [0.15, 0.2) is 0 Å². The number of methoxy groups -OCH3 is 1. The number of nitrogens with one attached hydrogen (secondary N) is 1. The molecule has 0 amide bonds. The van der Waals surface area contributed by atoms with Crippen LogP contribution < -0.4 is 10.1 Å². The van der Waals surface area contributed by atoms with Gasteiger partial charge in [0.05, 0.1) is 30.7 Å². The minimum absolute atomic E-state index is 0.270. The van der Waals surface area contributed by atoms with Crippen molar-refractivity contribution < 1.29 is 9.47 Å². The van der Waals surface area contributed by atoms with Crippen LogP contribution >= 0.6 is 11.6 Å². The molecule has 8 nitrogen and oxygen atoms in total. The van der Waals surface area contributed by atoms with Gasteiger partial charge in [-0.1, -0.05) is 11.6 Å². The van der Waals surface area contributed by atoms with Crippen LogP contribution in [0.4, 0.5) is 11.6 Å². The molecule has 0 bridgehead atoms. The van der Waals surface area contributed by atoms with E-state index >= 15 is 0 Å². The summed E-state index contributed by atoms with van der Waals surface area (Å²) in [4.78, 5) is 9.32. The summed E-state index contributed by atoms with van der Waals surface area (Å²) in [5.41, 5.74) is 4.98. The van der Waals surface area contributed by atoms with Gasteiger partial charge in [-0.2, -0.15) is 5.10 Å². The lowest BCUT2D eigenvalue weighted by Gasteiger charge is -2.23. The van der Waals surface area contributed by atoms with Gasteiger partial charge >= 0.3 is 0 Å². The van der Waals surface area contributed by atoms with E-state index in [9.17, 15) is 0 Å². The summed E-state index contributed by atoms with van der Waals surface area (Å²) in [6.07, 6.45) is 6.36. The number of ether oxygens (including phenoxy) is 2. The topological polar surface area (TPSA) is 79.0 Å². The summed E-state index contributed by atoms with van der Waals surface area (Å²) in [6, 6.07) is 2.26. The normalized spacial score (nSPS) is 16.4. The maximum absolute atomic E-state index is 6.38. The van der Waals surface area contributed by atoms with Crippen LogP contribution in [0.3, 0.4) is 0 Å². The SMILES string of the molecule is COc1c(Nc2ncc3c(n2)-c2c(C)cc(Cl)n2CC3)cnn1C1CCOCC1. The lowest BCUT2D eigenvalue weighted by Crippen LogP contribution is -2.21. The van der Waals surface area contributed by atoms with Gasteiger partial charge in [0.1, 0.15) is 10.8 Å². The Labute approximate surface area is 173 Å². The van der Waals surface area contributed by atoms with E-state index < -0.39 is 0 Å². The Kier molecular flexibility index (Phi) is 4.67. The molecule has 0 aliphatic carbocycles. The minimum Gasteiger partial charge on any atom is -0.480 e. The molecule has 2 aliphatic heterocycles. The smallest absolute Gasteiger partial charge is 0.236 e. The lowest BCUT2D eigenvalue weighted by molar-refractivity contribution is 0.0638. The van der Waals surface area contributed by atoms with Crippen molar-refractivity contribution in [2.45, 2.75) is 38.8 Å². The average Bonchev–Trinajstić information content (AvgIpc) is 3.28. The van der Waals surface area contributed by atoms with Crippen LogP contribution in [0.25, 0.3) is 11.4 Å². The third-order valence-corrected chi connectivity index (χ3v) is 5.97. The Morgan fingerprint density at radius 2 is 2.10 bits per heavy atom. The number of aryl methyl sites for hydroxylation is 2. The first kappa shape index (κ1) is 18.4. The average molecular weight is 415 g/mol. The number of aromatic nitrogens is 5. The van der Waals surface area contributed by atoms with Crippen molar-refractivity contribution in [3.05, 3.63) is 34.7 Å². The summed E-state index contributed by atoms with van der Waals surface area (Å²) >= 11 is 6.38. The third kappa shape index (κ3) is 3.16. The highest BCUT2D eigenvalue weighted by atomic mass is 35.5. The molecule has 5 heterocycles. The molecule has 0 spiro atoms. The number of anilines is 2. The van der Waals surface area contributed by atoms with E-state index in [0.717, 1.165) is 72.4 Å². The first-order valence-corrected chi connectivity index (χ1v) is 10.2. The van der Waals surface area contributed by atoms with Crippen molar-refractivity contribution in [3.8, 4) is 17.3 Å². The van der Waals surface area contributed by atoms with Gasteiger partial charge in [0.2, 0.25) is 11.8 Å². The van der Waals surface area contributed by atoms with Crippen LogP contribution in [0, 0.1) is 6.92 Å².